The zero-order chi connectivity index (χ0) is 10.8. The van der Waals surface area contributed by atoms with E-state index in [1.54, 1.807) is 0 Å². The van der Waals surface area contributed by atoms with Crippen LogP contribution in [0.15, 0.2) is 11.8 Å². The fourth-order valence-electron chi connectivity index (χ4n) is 2.01. The van der Waals surface area contributed by atoms with E-state index < -0.39 is 27.6 Å². The van der Waals surface area contributed by atoms with Gasteiger partial charge < -0.3 is 0 Å². The van der Waals surface area contributed by atoms with Gasteiger partial charge in [0.15, 0.2) is 0 Å². The van der Waals surface area contributed by atoms with Gasteiger partial charge in [0, 0.05) is 0 Å². The van der Waals surface area contributed by atoms with E-state index in [9.17, 15) is 0 Å². The van der Waals surface area contributed by atoms with Gasteiger partial charge in [-0.3, -0.25) is 0 Å². The van der Waals surface area contributed by atoms with E-state index >= 15 is 0 Å². The van der Waals surface area contributed by atoms with Crippen molar-refractivity contribution in [3.8, 4) is 0 Å². The summed E-state index contributed by atoms with van der Waals surface area (Å²) in [5, 5.41) is 0. The first-order chi connectivity index (χ1) is 6.40. The molecule has 0 aromatic heterocycles. The van der Waals surface area contributed by atoms with Gasteiger partial charge in [-0.05, 0) is 0 Å². The topological polar surface area (TPSA) is 0 Å². The van der Waals surface area contributed by atoms with Gasteiger partial charge in [0.25, 0.3) is 0 Å². The second kappa shape index (κ2) is 5.19. The molecule has 0 radical (unpaired) electrons. The van der Waals surface area contributed by atoms with Crippen LogP contribution in [-0.2, 0) is 0 Å². The molecule has 14 heavy (non-hydrogen) atoms. The Bertz CT molecular complexity index is 195. The van der Waals surface area contributed by atoms with E-state index in [1.807, 2.05) is 0 Å². The average molecular weight is 325 g/mol. The van der Waals surface area contributed by atoms with Gasteiger partial charge in [-0.25, -0.2) is 0 Å². The van der Waals surface area contributed by atoms with Gasteiger partial charge in [-0.15, -0.1) is 0 Å². The molecule has 0 N–H and O–H groups in total. The summed E-state index contributed by atoms with van der Waals surface area (Å²) in [6, 6.07) is 0. The van der Waals surface area contributed by atoms with Crippen molar-refractivity contribution in [2.24, 2.45) is 0 Å². The second-order valence-corrected chi connectivity index (χ2v) is 18.9. The molecule has 0 aromatic carbocycles. The molecule has 0 nitrogen and oxygen atoms in total. The third kappa shape index (κ3) is 4.09. The van der Waals surface area contributed by atoms with Crippen LogP contribution >= 0.6 is 0 Å². The molecule has 0 amide bonds. The monoisotopic (exact) mass is 327 g/mol. The summed E-state index contributed by atoms with van der Waals surface area (Å²) in [4.78, 5) is 0. The van der Waals surface area contributed by atoms with Crippen molar-refractivity contribution in [3.63, 3.8) is 0 Å². The molecule has 0 aliphatic carbocycles. The van der Waals surface area contributed by atoms with Gasteiger partial charge >= 0.3 is 98.1 Å². The third-order valence-electron chi connectivity index (χ3n) is 2.92. The van der Waals surface area contributed by atoms with Crippen LogP contribution in [0.25, 0.3) is 0 Å². The number of hydrogen-bond acceptors (Lipinski definition) is 0. The summed E-state index contributed by atoms with van der Waals surface area (Å²) >= 11 is -0.733. The average Bonchev–Trinajstić information content (AvgIpc) is 2.33. The zero-order valence-electron chi connectivity index (χ0n) is 10.3. The Morgan fingerprint density at radius 3 is 2.07 bits per heavy atom. The molecule has 1 saturated heterocycles. The maximum atomic E-state index is 2.55. The molecule has 0 saturated carbocycles. The minimum atomic E-state index is -0.927. The number of hydrogen-bond donors (Lipinski definition) is 0. The van der Waals surface area contributed by atoms with Crippen molar-refractivity contribution in [3.05, 3.63) is 11.8 Å². The Labute approximate surface area is 97.8 Å². The minimum absolute atomic E-state index is 0.733. The first-order valence-electron chi connectivity index (χ1n) is 5.76. The summed E-state index contributed by atoms with van der Waals surface area (Å²) in [5.41, 5.74) is 2.55. The van der Waals surface area contributed by atoms with Crippen LogP contribution in [0.2, 0.25) is 32.0 Å². The predicted octanol–water partition coefficient (Wildman–Crippen LogP) is 4.49. The SMILES string of the molecule is CC1CCC(C)[Te+]1C/C=C/[Si](C)(C)C. The normalized spacial score (nSPS) is 30.4. The van der Waals surface area contributed by atoms with Gasteiger partial charge in [0.2, 0.25) is 0 Å². The van der Waals surface area contributed by atoms with E-state index in [-0.39, 0.29) is 0 Å². The Hall–Kier alpha value is 0.746. The standard InChI is InChI=1S/C12H25SiTe/c1-11-7-8-12(2)14(11)10-6-9-13(3,4)5/h6,9,11-12H,7-8,10H2,1-5H3/q+1/b9-6+. The summed E-state index contributed by atoms with van der Waals surface area (Å²) in [7, 11) is -0.927. The molecule has 0 aromatic rings. The quantitative estimate of drug-likeness (QED) is 0.671. The second-order valence-electron chi connectivity index (χ2n) is 5.60. The Balaban J connectivity index is 2.41. The van der Waals surface area contributed by atoms with Crippen molar-refractivity contribution in [1.29, 1.82) is 0 Å². The number of rotatable bonds is 3. The van der Waals surface area contributed by atoms with Gasteiger partial charge in [-0.2, -0.15) is 0 Å². The molecule has 2 unspecified atom stereocenters. The molecule has 0 spiro atoms. The van der Waals surface area contributed by atoms with Crippen molar-refractivity contribution >= 4 is 27.6 Å². The summed E-state index contributed by atoms with van der Waals surface area (Å²) in [5.74, 6) is 0. The van der Waals surface area contributed by atoms with E-state index in [1.165, 1.54) is 17.3 Å². The fraction of sp³-hybridized carbons (Fsp3) is 0.833. The van der Waals surface area contributed by atoms with Crippen LogP contribution in [0.3, 0.4) is 0 Å². The van der Waals surface area contributed by atoms with Crippen molar-refractivity contribution in [2.75, 3.05) is 0 Å². The molecule has 82 valence electrons. The zero-order valence-corrected chi connectivity index (χ0v) is 13.7. The van der Waals surface area contributed by atoms with E-state index in [4.69, 9.17) is 0 Å². The molecule has 1 aliphatic rings. The van der Waals surface area contributed by atoms with Gasteiger partial charge in [0.05, 0.1) is 0 Å². The molecule has 2 atom stereocenters. The summed E-state index contributed by atoms with van der Waals surface area (Å²) in [6.07, 6.45) is 5.60. The molecule has 1 aliphatic heterocycles. The molecule has 0 bridgehead atoms. The maximum absolute atomic E-state index is 2.55. The van der Waals surface area contributed by atoms with Crippen LogP contribution in [0, 0.1) is 0 Å². The van der Waals surface area contributed by atoms with Gasteiger partial charge in [0.1, 0.15) is 0 Å². The van der Waals surface area contributed by atoms with Crippen LogP contribution in [0.5, 0.6) is 0 Å². The third-order valence-corrected chi connectivity index (χ3v) is 13.0. The molecule has 2 heteroatoms. The summed E-state index contributed by atoms with van der Waals surface area (Å²) < 4.78 is 3.75. The summed E-state index contributed by atoms with van der Waals surface area (Å²) in [6.45, 7) is 12.3. The van der Waals surface area contributed by atoms with E-state index in [0.29, 0.717) is 0 Å². The number of allylic oxidation sites excluding steroid dienone is 1. The Kier molecular flexibility index (Phi) is 4.75. The van der Waals surface area contributed by atoms with Crippen LogP contribution in [-0.4, -0.2) is 27.6 Å². The van der Waals surface area contributed by atoms with Crippen LogP contribution in [0.1, 0.15) is 26.7 Å². The van der Waals surface area contributed by atoms with Crippen LogP contribution < -0.4 is 0 Å². The van der Waals surface area contributed by atoms with Crippen molar-refractivity contribution in [1.82, 2.24) is 0 Å². The van der Waals surface area contributed by atoms with Gasteiger partial charge in [-0.1, -0.05) is 0 Å². The van der Waals surface area contributed by atoms with E-state index in [2.05, 4.69) is 45.3 Å². The predicted molar refractivity (Wildman–Crippen MR) is 71.1 cm³/mol. The first kappa shape index (κ1) is 12.8. The Morgan fingerprint density at radius 1 is 1.14 bits per heavy atom. The first-order valence-corrected chi connectivity index (χ1v) is 13.7. The fourth-order valence-corrected chi connectivity index (χ4v) is 10.9. The van der Waals surface area contributed by atoms with Crippen LogP contribution in [0.4, 0.5) is 0 Å². The molecular formula is C12H25SiTe+. The molecule has 1 rings (SSSR count). The Morgan fingerprint density at radius 2 is 1.64 bits per heavy atom. The van der Waals surface area contributed by atoms with Crippen molar-refractivity contribution < 1.29 is 0 Å². The molecule has 1 fully saturated rings. The van der Waals surface area contributed by atoms with E-state index in [0.717, 1.165) is 7.93 Å². The van der Waals surface area contributed by atoms with Crippen molar-refractivity contribution in [2.45, 2.75) is 58.7 Å². The molecular weight excluding hydrogens is 300 g/mol. The molecule has 1 heterocycles.